The predicted molar refractivity (Wildman–Crippen MR) is 91.5 cm³/mol. The zero-order chi connectivity index (χ0) is 17.6. The Balaban J connectivity index is 2.29. The summed E-state index contributed by atoms with van der Waals surface area (Å²) < 4.78 is 0. The van der Waals surface area contributed by atoms with Crippen LogP contribution in [0.15, 0.2) is 48.7 Å². The van der Waals surface area contributed by atoms with Gasteiger partial charge in [-0.3, -0.25) is 14.6 Å². The lowest BCUT2D eigenvalue weighted by molar-refractivity contribution is -0.137. The molecule has 0 saturated carbocycles. The van der Waals surface area contributed by atoms with Gasteiger partial charge in [0, 0.05) is 18.3 Å². The van der Waals surface area contributed by atoms with E-state index in [9.17, 15) is 9.59 Å². The van der Waals surface area contributed by atoms with Gasteiger partial charge in [-0.2, -0.15) is 0 Å². The first-order chi connectivity index (χ1) is 11.4. The maximum atomic E-state index is 12.2. The SMILES string of the molecule is CC(CCc1ccccn1)(C(N)=O)c1ccccc1CCC(=O)O. The number of carboxylic acids is 1. The minimum absolute atomic E-state index is 0.0199. The van der Waals surface area contributed by atoms with Crippen LogP contribution >= 0.6 is 0 Å². The van der Waals surface area contributed by atoms with Crippen molar-refractivity contribution in [3.8, 4) is 0 Å². The first kappa shape index (κ1) is 17.7. The van der Waals surface area contributed by atoms with Crippen molar-refractivity contribution in [3.05, 3.63) is 65.5 Å². The van der Waals surface area contributed by atoms with Crippen LogP contribution in [0.2, 0.25) is 0 Å². The molecule has 0 bridgehead atoms. The Hall–Kier alpha value is -2.69. The molecule has 2 rings (SSSR count). The van der Waals surface area contributed by atoms with Crippen molar-refractivity contribution in [2.45, 2.75) is 38.0 Å². The van der Waals surface area contributed by atoms with E-state index in [1.54, 1.807) is 6.20 Å². The highest BCUT2D eigenvalue weighted by atomic mass is 16.4. The van der Waals surface area contributed by atoms with Gasteiger partial charge in [-0.1, -0.05) is 30.3 Å². The van der Waals surface area contributed by atoms with Gasteiger partial charge in [0.1, 0.15) is 0 Å². The lowest BCUT2D eigenvalue weighted by Crippen LogP contribution is -2.39. The van der Waals surface area contributed by atoms with Gasteiger partial charge in [-0.05, 0) is 49.4 Å². The molecule has 0 radical (unpaired) electrons. The fourth-order valence-corrected chi connectivity index (χ4v) is 2.83. The van der Waals surface area contributed by atoms with Crippen molar-refractivity contribution in [1.82, 2.24) is 4.98 Å². The van der Waals surface area contributed by atoms with E-state index in [0.29, 0.717) is 19.3 Å². The fraction of sp³-hybridized carbons (Fsp3) is 0.316. The van der Waals surface area contributed by atoms with E-state index in [1.807, 2.05) is 49.4 Å². The number of amides is 1. The van der Waals surface area contributed by atoms with Gasteiger partial charge in [-0.15, -0.1) is 0 Å². The van der Waals surface area contributed by atoms with Gasteiger partial charge < -0.3 is 10.8 Å². The van der Waals surface area contributed by atoms with Crippen LogP contribution in [-0.2, 0) is 27.8 Å². The molecule has 24 heavy (non-hydrogen) atoms. The molecule has 0 aliphatic carbocycles. The predicted octanol–water partition coefficient (Wildman–Crippen LogP) is 2.47. The Labute approximate surface area is 141 Å². The average molecular weight is 326 g/mol. The maximum absolute atomic E-state index is 12.2. The average Bonchev–Trinajstić information content (AvgIpc) is 2.59. The summed E-state index contributed by atoms with van der Waals surface area (Å²) in [5.74, 6) is -1.28. The number of aromatic nitrogens is 1. The van der Waals surface area contributed by atoms with Gasteiger partial charge in [-0.25, -0.2) is 0 Å². The molecule has 1 aromatic carbocycles. The second-order valence-corrected chi connectivity index (χ2v) is 6.07. The number of primary amides is 1. The summed E-state index contributed by atoms with van der Waals surface area (Å²) in [6, 6.07) is 13.1. The zero-order valence-corrected chi connectivity index (χ0v) is 13.7. The van der Waals surface area contributed by atoms with Gasteiger partial charge in [0.05, 0.1) is 5.41 Å². The molecule has 3 N–H and O–H groups in total. The van der Waals surface area contributed by atoms with E-state index in [2.05, 4.69) is 4.98 Å². The number of nitrogens with two attached hydrogens (primary N) is 1. The van der Waals surface area contributed by atoms with Gasteiger partial charge in [0.25, 0.3) is 0 Å². The zero-order valence-electron chi connectivity index (χ0n) is 13.7. The highest BCUT2D eigenvalue weighted by molar-refractivity contribution is 5.86. The number of hydrogen-bond acceptors (Lipinski definition) is 3. The molecule has 0 aliphatic rings. The van der Waals surface area contributed by atoms with E-state index in [0.717, 1.165) is 16.8 Å². The lowest BCUT2D eigenvalue weighted by Gasteiger charge is -2.29. The van der Waals surface area contributed by atoms with Crippen LogP contribution < -0.4 is 5.73 Å². The van der Waals surface area contributed by atoms with Crippen molar-refractivity contribution < 1.29 is 14.7 Å². The smallest absolute Gasteiger partial charge is 0.303 e. The Bertz CT molecular complexity index is 716. The summed E-state index contributed by atoms with van der Waals surface area (Å²) in [7, 11) is 0. The van der Waals surface area contributed by atoms with Crippen LogP contribution in [0.3, 0.4) is 0 Å². The Morgan fingerprint density at radius 3 is 2.46 bits per heavy atom. The number of nitrogens with zero attached hydrogens (tertiary/aromatic N) is 1. The normalized spacial score (nSPS) is 13.2. The molecule has 0 aliphatic heterocycles. The van der Waals surface area contributed by atoms with Crippen molar-refractivity contribution in [1.29, 1.82) is 0 Å². The number of pyridine rings is 1. The molecule has 0 spiro atoms. The molecular weight excluding hydrogens is 304 g/mol. The highest BCUT2D eigenvalue weighted by Crippen LogP contribution is 2.32. The summed E-state index contributed by atoms with van der Waals surface area (Å²) in [6.45, 7) is 1.82. The minimum Gasteiger partial charge on any atom is -0.481 e. The monoisotopic (exact) mass is 326 g/mol. The minimum atomic E-state index is -0.868. The summed E-state index contributed by atoms with van der Waals surface area (Å²) in [5, 5.41) is 8.93. The van der Waals surface area contributed by atoms with Crippen molar-refractivity contribution in [2.24, 2.45) is 5.73 Å². The van der Waals surface area contributed by atoms with Crippen molar-refractivity contribution in [2.75, 3.05) is 0 Å². The van der Waals surface area contributed by atoms with Crippen molar-refractivity contribution in [3.63, 3.8) is 0 Å². The molecule has 1 atom stereocenters. The Kier molecular flexibility index (Phi) is 5.68. The quantitative estimate of drug-likeness (QED) is 0.779. The molecule has 0 fully saturated rings. The number of rotatable bonds is 8. The molecule has 126 valence electrons. The Morgan fingerprint density at radius 2 is 1.83 bits per heavy atom. The molecule has 2 aromatic rings. The summed E-state index contributed by atoms with van der Waals surface area (Å²) >= 11 is 0. The van der Waals surface area contributed by atoms with Crippen LogP contribution in [0.4, 0.5) is 0 Å². The number of carboxylic acid groups (broad SMARTS) is 1. The van der Waals surface area contributed by atoms with Crippen LogP contribution in [0.1, 0.15) is 36.6 Å². The van der Waals surface area contributed by atoms with E-state index in [-0.39, 0.29) is 6.42 Å². The number of carbonyl (C=O) groups excluding carboxylic acids is 1. The lowest BCUT2D eigenvalue weighted by atomic mass is 9.75. The van der Waals surface area contributed by atoms with Crippen LogP contribution in [-0.4, -0.2) is 22.0 Å². The van der Waals surface area contributed by atoms with E-state index in [4.69, 9.17) is 10.8 Å². The number of hydrogen-bond donors (Lipinski definition) is 2. The van der Waals surface area contributed by atoms with Gasteiger partial charge >= 0.3 is 5.97 Å². The Morgan fingerprint density at radius 1 is 1.12 bits per heavy atom. The maximum Gasteiger partial charge on any atom is 0.303 e. The third-order valence-corrected chi connectivity index (χ3v) is 4.37. The fourth-order valence-electron chi connectivity index (χ4n) is 2.83. The standard InChI is InChI=1S/C19H22N2O3/c1-19(18(20)24,12-11-15-7-4-5-13-21-15)16-8-3-2-6-14(16)9-10-17(22)23/h2-8,13H,9-12H2,1H3,(H2,20,24)(H,22,23). The third kappa shape index (κ3) is 4.19. The van der Waals surface area contributed by atoms with Crippen LogP contribution in [0, 0.1) is 0 Å². The molecule has 0 saturated heterocycles. The molecule has 5 heteroatoms. The van der Waals surface area contributed by atoms with Gasteiger partial charge in [0.15, 0.2) is 0 Å². The summed E-state index contributed by atoms with van der Waals surface area (Å²) in [6.07, 6.45) is 3.25. The van der Waals surface area contributed by atoms with Crippen molar-refractivity contribution >= 4 is 11.9 Å². The summed E-state index contributed by atoms with van der Waals surface area (Å²) in [4.78, 5) is 27.4. The number of aryl methyl sites for hydroxylation is 2. The first-order valence-electron chi connectivity index (χ1n) is 7.93. The van der Waals surface area contributed by atoms with Crippen LogP contribution in [0.25, 0.3) is 0 Å². The van der Waals surface area contributed by atoms with E-state index in [1.165, 1.54) is 0 Å². The number of carbonyl (C=O) groups is 2. The molecule has 1 amide bonds. The largest absolute Gasteiger partial charge is 0.481 e. The molecule has 1 unspecified atom stereocenters. The van der Waals surface area contributed by atoms with Crippen LogP contribution in [0.5, 0.6) is 0 Å². The molecular formula is C19H22N2O3. The third-order valence-electron chi connectivity index (χ3n) is 4.37. The second-order valence-electron chi connectivity index (χ2n) is 6.07. The number of aliphatic carboxylic acids is 1. The van der Waals surface area contributed by atoms with Gasteiger partial charge in [0.2, 0.25) is 5.91 Å². The summed E-state index contributed by atoms with van der Waals surface area (Å²) in [5.41, 5.74) is 7.39. The number of benzene rings is 1. The van der Waals surface area contributed by atoms with E-state index < -0.39 is 17.3 Å². The molecule has 1 heterocycles. The molecule has 5 nitrogen and oxygen atoms in total. The molecule has 1 aromatic heterocycles. The topological polar surface area (TPSA) is 93.3 Å². The van der Waals surface area contributed by atoms with E-state index >= 15 is 0 Å². The highest BCUT2D eigenvalue weighted by Gasteiger charge is 2.34. The first-order valence-corrected chi connectivity index (χ1v) is 7.93. The second kappa shape index (κ2) is 7.73.